The van der Waals surface area contributed by atoms with Crippen molar-refractivity contribution < 1.29 is 51.4 Å². The second-order valence-corrected chi connectivity index (χ2v) is 10.0. The van der Waals surface area contributed by atoms with Crippen molar-refractivity contribution in [2.75, 3.05) is 19.8 Å². The summed E-state index contributed by atoms with van der Waals surface area (Å²) < 4.78 is 38.1. The molecule has 0 radical (unpaired) electrons. The van der Waals surface area contributed by atoms with Crippen molar-refractivity contribution in [2.45, 2.75) is 142 Å². The van der Waals surface area contributed by atoms with Crippen LogP contribution in [0.25, 0.3) is 0 Å². The standard InChI is InChI=1S/C24H50O.C3H6O4S.Na/c1-3-5-7-9-11-13-15-17-19-21-23-25-24-22-20-18-16-14-12-10-8-6-4-2;1-2-3-7-8(4,5)6;/h3-24H2,1-2H3;2H,1,3H2,(H,4,5,6);/q;;+1/p-1. The van der Waals surface area contributed by atoms with Crippen LogP contribution in [0.4, 0.5) is 0 Å². The topological polar surface area (TPSA) is 75.7 Å². The van der Waals surface area contributed by atoms with Gasteiger partial charge in [0.05, 0.1) is 6.61 Å². The van der Waals surface area contributed by atoms with Crippen molar-refractivity contribution in [3.8, 4) is 0 Å². The van der Waals surface area contributed by atoms with Crippen LogP contribution in [0.1, 0.15) is 142 Å². The smallest absolute Gasteiger partial charge is 0.726 e. The molecule has 34 heavy (non-hydrogen) atoms. The van der Waals surface area contributed by atoms with Gasteiger partial charge < -0.3 is 9.29 Å². The summed E-state index contributed by atoms with van der Waals surface area (Å²) in [6.45, 7) is 9.45. The van der Waals surface area contributed by atoms with E-state index in [0.717, 1.165) is 13.2 Å². The molecule has 0 rings (SSSR count). The van der Waals surface area contributed by atoms with Crippen LogP contribution in [0.15, 0.2) is 12.7 Å². The summed E-state index contributed by atoms with van der Waals surface area (Å²) in [5.41, 5.74) is 0. The van der Waals surface area contributed by atoms with Gasteiger partial charge in [-0.2, -0.15) is 0 Å². The van der Waals surface area contributed by atoms with E-state index in [1.165, 1.54) is 134 Å². The van der Waals surface area contributed by atoms with Crippen LogP contribution in [0.5, 0.6) is 0 Å². The van der Waals surface area contributed by atoms with E-state index in [1.54, 1.807) is 0 Å². The molecule has 5 nitrogen and oxygen atoms in total. The van der Waals surface area contributed by atoms with Crippen LogP contribution < -0.4 is 29.6 Å². The molecule has 0 aromatic heterocycles. The summed E-state index contributed by atoms with van der Waals surface area (Å²) in [4.78, 5) is 0. The molecule has 0 aliphatic rings. The van der Waals surface area contributed by atoms with E-state index < -0.39 is 10.4 Å². The maximum absolute atomic E-state index is 9.56. The van der Waals surface area contributed by atoms with E-state index in [9.17, 15) is 13.0 Å². The van der Waals surface area contributed by atoms with Crippen LogP contribution in [-0.2, 0) is 19.3 Å². The predicted octanol–water partition coefficient (Wildman–Crippen LogP) is 5.50. The molecule has 0 atom stereocenters. The van der Waals surface area contributed by atoms with E-state index in [1.807, 2.05) is 0 Å². The predicted molar refractivity (Wildman–Crippen MR) is 140 cm³/mol. The van der Waals surface area contributed by atoms with Crippen LogP contribution in [0.2, 0.25) is 0 Å². The fourth-order valence-electron chi connectivity index (χ4n) is 3.62. The Hall–Kier alpha value is 0.570. The minimum absolute atomic E-state index is 0. The van der Waals surface area contributed by atoms with E-state index in [4.69, 9.17) is 4.74 Å². The molecular weight excluding hydrogens is 459 g/mol. The molecule has 0 aromatic rings. The van der Waals surface area contributed by atoms with Gasteiger partial charge in [0.25, 0.3) is 0 Å². The Morgan fingerprint density at radius 3 is 1.15 bits per heavy atom. The van der Waals surface area contributed by atoms with Gasteiger partial charge in [-0.3, -0.25) is 4.18 Å². The van der Waals surface area contributed by atoms with Crippen molar-refractivity contribution in [1.29, 1.82) is 0 Å². The summed E-state index contributed by atoms with van der Waals surface area (Å²) in [6.07, 6.45) is 29.3. The minimum Gasteiger partial charge on any atom is -0.726 e. The molecule has 0 N–H and O–H groups in total. The summed E-state index contributed by atoms with van der Waals surface area (Å²) in [5, 5.41) is 0. The number of rotatable bonds is 25. The van der Waals surface area contributed by atoms with Gasteiger partial charge in [-0.25, -0.2) is 8.42 Å². The maximum Gasteiger partial charge on any atom is 1.00 e. The Morgan fingerprint density at radius 1 is 0.618 bits per heavy atom. The number of ether oxygens (including phenoxy) is 1. The van der Waals surface area contributed by atoms with Gasteiger partial charge in [0.15, 0.2) is 0 Å². The number of hydrogen-bond donors (Lipinski definition) is 0. The van der Waals surface area contributed by atoms with Gasteiger partial charge in [0.1, 0.15) is 0 Å². The van der Waals surface area contributed by atoms with Gasteiger partial charge in [-0.1, -0.05) is 135 Å². The van der Waals surface area contributed by atoms with E-state index in [2.05, 4.69) is 24.6 Å². The van der Waals surface area contributed by atoms with E-state index in [0.29, 0.717) is 0 Å². The van der Waals surface area contributed by atoms with Crippen LogP contribution in [-0.4, -0.2) is 32.8 Å². The second-order valence-electron chi connectivity index (χ2n) is 8.96. The van der Waals surface area contributed by atoms with Crippen LogP contribution >= 0.6 is 0 Å². The molecule has 0 bridgehead atoms. The Bertz CT molecular complexity index is 450. The number of hydrogen-bond acceptors (Lipinski definition) is 5. The Balaban J connectivity index is -0.000000910. The molecule has 0 unspecified atom stereocenters. The van der Waals surface area contributed by atoms with Crippen LogP contribution in [0.3, 0.4) is 0 Å². The third-order valence-corrected chi connectivity index (χ3v) is 6.04. The van der Waals surface area contributed by atoms with E-state index >= 15 is 0 Å². The molecule has 0 fully saturated rings. The molecule has 0 aliphatic heterocycles. The van der Waals surface area contributed by atoms with Crippen molar-refractivity contribution >= 4 is 10.4 Å². The first kappa shape index (κ1) is 39.1. The first-order valence-electron chi connectivity index (χ1n) is 13.8. The molecule has 0 spiro atoms. The second kappa shape index (κ2) is 33.6. The summed E-state index contributed by atoms with van der Waals surface area (Å²) in [5.74, 6) is 0. The largest absolute Gasteiger partial charge is 1.00 e. The quantitative estimate of drug-likeness (QED) is 0.0529. The fourth-order valence-corrected chi connectivity index (χ4v) is 3.88. The Kier molecular flexibility index (Phi) is 38.6. The third-order valence-electron chi connectivity index (χ3n) is 5.61. The molecule has 0 aromatic carbocycles. The van der Waals surface area contributed by atoms with E-state index in [-0.39, 0.29) is 36.2 Å². The van der Waals surface area contributed by atoms with Gasteiger partial charge in [0, 0.05) is 13.2 Å². The van der Waals surface area contributed by atoms with Crippen molar-refractivity contribution in [3.05, 3.63) is 12.7 Å². The molecule has 200 valence electrons. The number of unbranched alkanes of at least 4 members (excludes halogenated alkanes) is 18. The van der Waals surface area contributed by atoms with Crippen molar-refractivity contribution in [2.24, 2.45) is 0 Å². The Morgan fingerprint density at radius 2 is 0.912 bits per heavy atom. The maximum atomic E-state index is 9.56. The molecule has 0 amide bonds. The zero-order chi connectivity index (χ0) is 24.9. The Labute approximate surface area is 235 Å². The average molecular weight is 515 g/mol. The van der Waals surface area contributed by atoms with Gasteiger partial charge in [-0.15, -0.1) is 6.58 Å². The molecule has 0 aliphatic carbocycles. The first-order valence-corrected chi connectivity index (χ1v) is 15.1. The monoisotopic (exact) mass is 514 g/mol. The van der Waals surface area contributed by atoms with Crippen molar-refractivity contribution in [1.82, 2.24) is 0 Å². The molecule has 0 saturated heterocycles. The normalized spacial score (nSPS) is 10.9. The summed E-state index contributed by atoms with van der Waals surface area (Å²) in [6, 6.07) is 0. The minimum atomic E-state index is -4.51. The summed E-state index contributed by atoms with van der Waals surface area (Å²) in [7, 11) is -4.51. The van der Waals surface area contributed by atoms with Gasteiger partial charge in [0.2, 0.25) is 10.4 Å². The average Bonchev–Trinajstić information content (AvgIpc) is 2.78. The fraction of sp³-hybridized carbons (Fsp3) is 0.926. The zero-order valence-electron chi connectivity index (χ0n) is 23.0. The zero-order valence-corrected chi connectivity index (χ0v) is 25.8. The van der Waals surface area contributed by atoms with Crippen molar-refractivity contribution in [3.63, 3.8) is 0 Å². The molecule has 0 heterocycles. The summed E-state index contributed by atoms with van der Waals surface area (Å²) >= 11 is 0. The molecule has 0 saturated carbocycles. The van der Waals surface area contributed by atoms with Gasteiger partial charge >= 0.3 is 29.6 Å². The van der Waals surface area contributed by atoms with Crippen LogP contribution in [0, 0.1) is 0 Å². The molecular formula is C27H55NaO5S. The first-order chi connectivity index (χ1) is 16.0. The van der Waals surface area contributed by atoms with Gasteiger partial charge in [-0.05, 0) is 12.8 Å². The SMILES string of the molecule is C=CCOS(=O)(=O)[O-].CCCCCCCCCCCCOCCCCCCCCCCCC.[Na+]. The third kappa shape index (κ3) is 42.7. The molecule has 7 heteroatoms.